The lowest BCUT2D eigenvalue weighted by atomic mass is 10.0. The Morgan fingerprint density at radius 1 is 1.71 bits per heavy atom. The van der Waals surface area contributed by atoms with Crippen LogP contribution < -0.4 is 0 Å². The molecule has 0 aromatic rings. The molecule has 4 nitrogen and oxygen atoms in total. The summed E-state index contributed by atoms with van der Waals surface area (Å²) in [5.41, 5.74) is 0. The Kier molecular flexibility index (Phi) is 3.06. The van der Waals surface area contributed by atoms with Crippen LogP contribution in [0.2, 0.25) is 0 Å². The molecule has 1 unspecified atom stereocenters. The van der Waals surface area contributed by atoms with E-state index in [0.717, 1.165) is 12.0 Å². The van der Waals surface area contributed by atoms with E-state index in [1.807, 2.05) is 0 Å². The van der Waals surface area contributed by atoms with Crippen molar-refractivity contribution in [2.75, 3.05) is 13.2 Å². The van der Waals surface area contributed by atoms with Gasteiger partial charge in [0.15, 0.2) is 0 Å². The highest BCUT2D eigenvalue weighted by Crippen LogP contribution is 2.26. The lowest BCUT2D eigenvalue weighted by Gasteiger charge is -2.22. The molecule has 6 heteroatoms. The number of hydroxylamine groups is 2. The van der Waals surface area contributed by atoms with Crippen LogP contribution in [0.5, 0.6) is 0 Å². The molecule has 1 amide bonds. The van der Waals surface area contributed by atoms with Crippen LogP contribution in [-0.4, -0.2) is 41.3 Å². The van der Waals surface area contributed by atoms with Crippen molar-refractivity contribution in [1.29, 1.82) is 0 Å². The topological polar surface area (TPSA) is 49.8 Å². The standard InChI is InChI=1S/C8H13F2NO3/c1-5(8(2,9)10)7(13)11-3-6(12)4-14-11/h5-6,12H,3-4H2,1-2H3/t5?,6-/m0/s1. The van der Waals surface area contributed by atoms with Gasteiger partial charge in [-0.05, 0) is 6.92 Å². The molecule has 1 fully saturated rings. The number of carbonyl (C=O) groups excluding carboxylic acids is 1. The number of hydrogen-bond donors (Lipinski definition) is 1. The van der Waals surface area contributed by atoms with Crippen molar-refractivity contribution >= 4 is 5.91 Å². The average Bonchev–Trinajstić information content (AvgIpc) is 2.47. The Balaban J connectivity index is 2.57. The number of halogens is 2. The molecular formula is C8H13F2NO3. The molecule has 2 atom stereocenters. The highest BCUT2D eigenvalue weighted by Gasteiger charge is 2.40. The maximum absolute atomic E-state index is 12.8. The Bertz CT molecular complexity index is 229. The fourth-order valence-electron chi connectivity index (χ4n) is 1.06. The number of carbonyl (C=O) groups is 1. The summed E-state index contributed by atoms with van der Waals surface area (Å²) in [5, 5.41) is 9.83. The number of alkyl halides is 2. The first-order chi connectivity index (χ1) is 6.32. The summed E-state index contributed by atoms with van der Waals surface area (Å²) in [5.74, 6) is -5.31. The van der Waals surface area contributed by atoms with Gasteiger partial charge in [-0.1, -0.05) is 0 Å². The SMILES string of the molecule is CC(C(=O)N1C[C@H](O)CO1)C(C)(F)F. The van der Waals surface area contributed by atoms with E-state index in [0.29, 0.717) is 6.92 Å². The molecule has 0 aromatic carbocycles. The third kappa shape index (κ3) is 2.39. The van der Waals surface area contributed by atoms with Gasteiger partial charge in [0, 0.05) is 6.92 Å². The second-order valence-electron chi connectivity index (χ2n) is 3.53. The van der Waals surface area contributed by atoms with E-state index in [2.05, 4.69) is 0 Å². The molecule has 0 bridgehead atoms. The number of aliphatic hydroxyl groups is 1. The monoisotopic (exact) mass is 209 g/mol. The highest BCUT2D eigenvalue weighted by atomic mass is 19.3. The van der Waals surface area contributed by atoms with E-state index < -0.39 is 23.9 Å². The van der Waals surface area contributed by atoms with Crippen LogP contribution in [0.4, 0.5) is 8.78 Å². The summed E-state index contributed by atoms with van der Waals surface area (Å²) in [6, 6.07) is 0. The normalized spacial score (nSPS) is 25.2. The number of amides is 1. The molecule has 0 spiro atoms. The van der Waals surface area contributed by atoms with Crippen molar-refractivity contribution in [3.8, 4) is 0 Å². The maximum Gasteiger partial charge on any atom is 0.256 e. The molecule has 1 rings (SSSR count). The second kappa shape index (κ2) is 3.78. The minimum atomic E-state index is -3.08. The minimum absolute atomic E-state index is 0.0201. The quantitative estimate of drug-likeness (QED) is 0.716. The van der Waals surface area contributed by atoms with E-state index in [4.69, 9.17) is 9.94 Å². The van der Waals surface area contributed by atoms with Crippen LogP contribution >= 0.6 is 0 Å². The molecule has 82 valence electrons. The molecule has 1 heterocycles. The number of nitrogens with zero attached hydrogens (tertiary/aromatic N) is 1. The van der Waals surface area contributed by atoms with Crippen LogP contribution in [0.25, 0.3) is 0 Å². The zero-order chi connectivity index (χ0) is 10.9. The average molecular weight is 209 g/mol. The first-order valence-corrected chi connectivity index (χ1v) is 4.32. The summed E-state index contributed by atoms with van der Waals surface area (Å²) in [4.78, 5) is 16.1. The summed E-state index contributed by atoms with van der Waals surface area (Å²) in [6.07, 6.45) is -0.781. The third-order valence-corrected chi connectivity index (χ3v) is 2.18. The first kappa shape index (κ1) is 11.3. The van der Waals surface area contributed by atoms with Gasteiger partial charge in [-0.3, -0.25) is 9.63 Å². The van der Waals surface area contributed by atoms with E-state index in [1.165, 1.54) is 0 Å². The number of β-amino-alcohol motifs (C(OH)–C–C–N with tert-alkyl or cyclic N) is 1. The highest BCUT2D eigenvalue weighted by molar-refractivity contribution is 5.78. The van der Waals surface area contributed by atoms with Gasteiger partial charge in [0.1, 0.15) is 12.5 Å². The van der Waals surface area contributed by atoms with Crippen molar-refractivity contribution in [2.45, 2.75) is 25.9 Å². The summed E-state index contributed by atoms with van der Waals surface area (Å²) in [6.45, 7) is 1.76. The molecule has 0 aromatic heterocycles. The van der Waals surface area contributed by atoms with E-state index >= 15 is 0 Å². The number of aliphatic hydroxyl groups excluding tert-OH is 1. The molecule has 14 heavy (non-hydrogen) atoms. The van der Waals surface area contributed by atoms with Gasteiger partial charge in [0.25, 0.3) is 11.8 Å². The second-order valence-corrected chi connectivity index (χ2v) is 3.53. The molecule has 0 saturated carbocycles. The molecule has 1 N–H and O–H groups in total. The van der Waals surface area contributed by atoms with Gasteiger partial charge in [-0.25, -0.2) is 13.8 Å². The van der Waals surface area contributed by atoms with Gasteiger partial charge < -0.3 is 5.11 Å². The first-order valence-electron chi connectivity index (χ1n) is 4.32. The minimum Gasteiger partial charge on any atom is -0.389 e. The van der Waals surface area contributed by atoms with Crippen molar-refractivity contribution in [3.63, 3.8) is 0 Å². The van der Waals surface area contributed by atoms with E-state index in [1.54, 1.807) is 0 Å². The Morgan fingerprint density at radius 3 is 2.64 bits per heavy atom. The summed E-state index contributed by atoms with van der Waals surface area (Å²) in [7, 11) is 0. The third-order valence-electron chi connectivity index (χ3n) is 2.18. The van der Waals surface area contributed by atoms with E-state index in [9.17, 15) is 13.6 Å². The Morgan fingerprint density at radius 2 is 2.29 bits per heavy atom. The largest absolute Gasteiger partial charge is 0.389 e. The number of rotatable bonds is 2. The maximum atomic E-state index is 12.8. The van der Waals surface area contributed by atoms with Gasteiger partial charge in [0.2, 0.25) is 0 Å². The van der Waals surface area contributed by atoms with Crippen molar-refractivity contribution in [2.24, 2.45) is 5.92 Å². The van der Waals surface area contributed by atoms with Crippen LogP contribution in [0, 0.1) is 5.92 Å². The van der Waals surface area contributed by atoms with Crippen LogP contribution in [0.15, 0.2) is 0 Å². The summed E-state index contributed by atoms with van der Waals surface area (Å²) >= 11 is 0. The Hall–Kier alpha value is -0.750. The summed E-state index contributed by atoms with van der Waals surface area (Å²) < 4.78 is 25.5. The van der Waals surface area contributed by atoms with Crippen molar-refractivity contribution in [3.05, 3.63) is 0 Å². The van der Waals surface area contributed by atoms with Crippen LogP contribution in [0.3, 0.4) is 0 Å². The van der Waals surface area contributed by atoms with Gasteiger partial charge in [0.05, 0.1) is 12.6 Å². The number of hydrogen-bond acceptors (Lipinski definition) is 3. The predicted octanol–water partition coefficient (Wildman–Crippen LogP) is 0.412. The zero-order valence-corrected chi connectivity index (χ0v) is 8.04. The smallest absolute Gasteiger partial charge is 0.256 e. The lowest BCUT2D eigenvalue weighted by molar-refractivity contribution is -0.183. The molecule has 1 aliphatic heterocycles. The van der Waals surface area contributed by atoms with Crippen LogP contribution in [-0.2, 0) is 9.63 Å². The fraction of sp³-hybridized carbons (Fsp3) is 0.875. The van der Waals surface area contributed by atoms with Crippen molar-refractivity contribution in [1.82, 2.24) is 5.06 Å². The fourth-order valence-corrected chi connectivity index (χ4v) is 1.06. The lowest BCUT2D eigenvalue weighted by Crippen LogP contribution is -2.40. The van der Waals surface area contributed by atoms with Crippen molar-refractivity contribution < 1.29 is 23.5 Å². The van der Waals surface area contributed by atoms with E-state index in [-0.39, 0.29) is 13.2 Å². The molecule has 1 aliphatic rings. The van der Waals surface area contributed by atoms with Crippen LogP contribution in [0.1, 0.15) is 13.8 Å². The molecule has 0 radical (unpaired) electrons. The van der Waals surface area contributed by atoms with Gasteiger partial charge >= 0.3 is 0 Å². The molecule has 0 aliphatic carbocycles. The zero-order valence-electron chi connectivity index (χ0n) is 8.04. The predicted molar refractivity (Wildman–Crippen MR) is 43.5 cm³/mol. The Labute approximate surface area is 80.4 Å². The molecule has 1 saturated heterocycles. The molecular weight excluding hydrogens is 196 g/mol. The van der Waals surface area contributed by atoms with Gasteiger partial charge in [-0.2, -0.15) is 0 Å². The van der Waals surface area contributed by atoms with Gasteiger partial charge in [-0.15, -0.1) is 0 Å².